The maximum absolute atomic E-state index is 11.0. The minimum absolute atomic E-state index is 0.216. The predicted molar refractivity (Wildman–Crippen MR) is 70.5 cm³/mol. The molecule has 0 aliphatic heterocycles. The number of primary amides is 1. The van der Waals surface area contributed by atoms with Crippen LogP contribution < -0.4 is 11.5 Å². The molecule has 0 radical (unpaired) electrons. The average molecular weight is 261 g/mol. The Labute approximate surface area is 109 Å². The summed E-state index contributed by atoms with van der Waals surface area (Å²) < 4.78 is 1.43. The van der Waals surface area contributed by atoms with Crippen LogP contribution in [0.5, 0.6) is 0 Å². The predicted octanol–water partition coefficient (Wildman–Crippen LogP) is 0.309. The highest BCUT2D eigenvalue weighted by molar-refractivity contribution is 7.80. The molecule has 2 aromatic rings. The monoisotopic (exact) mass is 261 g/mol. The molecule has 0 aliphatic rings. The van der Waals surface area contributed by atoms with Gasteiger partial charge in [0.25, 0.3) is 5.91 Å². The van der Waals surface area contributed by atoms with Crippen molar-refractivity contribution in [2.75, 3.05) is 0 Å². The lowest BCUT2D eigenvalue weighted by molar-refractivity contribution is 0.100. The summed E-state index contributed by atoms with van der Waals surface area (Å²) in [6, 6.07) is 3.57. The number of hydrogen-bond donors (Lipinski definition) is 2. The summed E-state index contributed by atoms with van der Waals surface area (Å²) in [4.78, 5) is 15.6. The maximum Gasteiger partial charge on any atom is 0.251 e. The molecule has 0 saturated carbocycles. The van der Waals surface area contributed by atoms with E-state index in [9.17, 15) is 4.79 Å². The fourth-order valence-electron chi connectivity index (χ4n) is 1.48. The van der Waals surface area contributed by atoms with Crippen molar-refractivity contribution in [2.24, 2.45) is 11.5 Å². The van der Waals surface area contributed by atoms with Gasteiger partial charge in [0.2, 0.25) is 0 Å². The Bertz CT molecular complexity index is 634. The van der Waals surface area contributed by atoms with Gasteiger partial charge in [-0.1, -0.05) is 12.2 Å². The van der Waals surface area contributed by atoms with Crippen molar-refractivity contribution in [1.82, 2.24) is 14.8 Å². The Morgan fingerprint density at radius 2 is 2.11 bits per heavy atom. The highest BCUT2D eigenvalue weighted by Gasteiger charge is 2.12. The molecule has 1 amide bonds. The molecule has 92 valence electrons. The van der Waals surface area contributed by atoms with Gasteiger partial charge in [0.05, 0.1) is 17.3 Å². The molecule has 18 heavy (non-hydrogen) atoms. The first-order chi connectivity index (χ1) is 8.49. The lowest BCUT2D eigenvalue weighted by Crippen LogP contribution is -2.15. The molecular weight excluding hydrogens is 250 g/mol. The second-order valence-corrected chi connectivity index (χ2v) is 4.17. The van der Waals surface area contributed by atoms with E-state index in [2.05, 4.69) is 10.1 Å². The largest absolute Gasteiger partial charge is 0.389 e. The molecule has 2 heterocycles. The number of thiocarbonyl (C=S) groups is 1. The van der Waals surface area contributed by atoms with Gasteiger partial charge >= 0.3 is 0 Å². The molecule has 2 aromatic heterocycles. The number of aromatic nitrogens is 3. The van der Waals surface area contributed by atoms with Crippen LogP contribution in [0.25, 0.3) is 5.82 Å². The normalized spacial score (nSPS) is 10.3. The summed E-state index contributed by atoms with van der Waals surface area (Å²) in [6.45, 7) is 1.84. The topological polar surface area (TPSA) is 99.8 Å². The van der Waals surface area contributed by atoms with Crippen molar-refractivity contribution in [1.29, 1.82) is 0 Å². The molecule has 0 fully saturated rings. The molecular formula is C11H11N5OS. The molecule has 2 rings (SSSR count). The Kier molecular flexibility index (Phi) is 3.07. The van der Waals surface area contributed by atoms with Crippen LogP contribution in [0.15, 0.2) is 24.5 Å². The second-order valence-electron chi connectivity index (χ2n) is 3.73. The smallest absolute Gasteiger partial charge is 0.251 e. The number of aryl methyl sites for hydroxylation is 1. The van der Waals surface area contributed by atoms with Crippen LogP contribution in [0.3, 0.4) is 0 Å². The molecule has 0 aliphatic carbocycles. The third kappa shape index (κ3) is 2.21. The van der Waals surface area contributed by atoms with Gasteiger partial charge in [-0.15, -0.1) is 0 Å². The number of carbonyl (C=O) groups is 1. The number of rotatable bonds is 3. The van der Waals surface area contributed by atoms with Crippen molar-refractivity contribution in [3.8, 4) is 5.82 Å². The number of nitrogens with two attached hydrogens (primary N) is 2. The molecule has 0 bridgehead atoms. The van der Waals surface area contributed by atoms with E-state index in [4.69, 9.17) is 23.7 Å². The van der Waals surface area contributed by atoms with Gasteiger partial charge in [-0.2, -0.15) is 5.10 Å². The molecule has 0 unspecified atom stereocenters. The van der Waals surface area contributed by atoms with Crippen LogP contribution in [0, 0.1) is 6.92 Å². The van der Waals surface area contributed by atoms with Gasteiger partial charge in [0, 0.05) is 11.9 Å². The summed E-state index contributed by atoms with van der Waals surface area (Å²) >= 11 is 4.96. The van der Waals surface area contributed by atoms with Gasteiger partial charge in [-0.3, -0.25) is 4.79 Å². The zero-order valence-electron chi connectivity index (χ0n) is 9.62. The molecule has 6 nitrogen and oxygen atoms in total. The number of amides is 1. The van der Waals surface area contributed by atoms with Gasteiger partial charge in [0.1, 0.15) is 4.99 Å². The van der Waals surface area contributed by atoms with Crippen molar-refractivity contribution in [2.45, 2.75) is 6.92 Å². The summed E-state index contributed by atoms with van der Waals surface area (Å²) in [5.74, 6) is -0.0687. The summed E-state index contributed by atoms with van der Waals surface area (Å²) in [7, 11) is 0. The lowest BCUT2D eigenvalue weighted by atomic mass is 10.2. The minimum atomic E-state index is -0.550. The van der Waals surface area contributed by atoms with Crippen LogP contribution in [-0.4, -0.2) is 25.7 Å². The maximum atomic E-state index is 11.0. The Morgan fingerprint density at radius 1 is 1.39 bits per heavy atom. The zero-order valence-corrected chi connectivity index (χ0v) is 10.4. The Balaban J connectivity index is 2.57. The Hall–Kier alpha value is -2.28. The van der Waals surface area contributed by atoms with E-state index in [0.29, 0.717) is 16.9 Å². The molecule has 0 atom stereocenters. The van der Waals surface area contributed by atoms with Gasteiger partial charge in [-0.25, -0.2) is 9.67 Å². The minimum Gasteiger partial charge on any atom is -0.389 e. The summed E-state index contributed by atoms with van der Waals surface area (Å²) in [5, 5.41) is 4.03. The third-order valence-electron chi connectivity index (χ3n) is 2.36. The lowest BCUT2D eigenvalue weighted by Gasteiger charge is -2.07. The SMILES string of the molecule is Cc1ccc(C(N)=S)c(-n2cc(C(N)=O)cn2)n1. The number of hydrogen-bond acceptors (Lipinski definition) is 4. The van der Waals surface area contributed by atoms with Gasteiger partial charge < -0.3 is 11.5 Å². The Morgan fingerprint density at radius 3 is 2.67 bits per heavy atom. The quantitative estimate of drug-likeness (QED) is 0.774. The number of carbonyl (C=O) groups excluding carboxylic acids is 1. The van der Waals surface area contributed by atoms with Crippen LogP contribution in [0.1, 0.15) is 21.6 Å². The average Bonchev–Trinajstić information content (AvgIpc) is 2.77. The first-order valence-corrected chi connectivity index (χ1v) is 5.52. The van der Waals surface area contributed by atoms with Crippen LogP contribution in [0.4, 0.5) is 0 Å². The van der Waals surface area contributed by atoms with E-state index in [-0.39, 0.29) is 4.99 Å². The molecule has 4 N–H and O–H groups in total. The van der Waals surface area contributed by atoms with Crippen molar-refractivity contribution >= 4 is 23.1 Å². The van der Waals surface area contributed by atoms with Crippen molar-refractivity contribution < 1.29 is 4.79 Å². The molecule has 0 spiro atoms. The number of pyridine rings is 1. The van der Waals surface area contributed by atoms with Gasteiger partial charge in [0.15, 0.2) is 5.82 Å². The van der Waals surface area contributed by atoms with Crippen molar-refractivity contribution in [3.63, 3.8) is 0 Å². The van der Waals surface area contributed by atoms with E-state index in [1.807, 2.05) is 6.92 Å². The fraction of sp³-hybridized carbons (Fsp3) is 0.0909. The first-order valence-electron chi connectivity index (χ1n) is 5.11. The summed E-state index contributed by atoms with van der Waals surface area (Å²) in [6.07, 6.45) is 2.86. The summed E-state index contributed by atoms with van der Waals surface area (Å²) in [5.41, 5.74) is 12.5. The van der Waals surface area contributed by atoms with Crippen LogP contribution in [-0.2, 0) is 0 Å². The highest BCUT2D eigenvalue weighted by Crippen LogP contribution is 2.13. The fourth-order valence-corrected chi connectivity index (χ4v) is 1.64. The molecule has 0 saturated heterocycles. The van der Waals surface area contributed by atoms with E-state index in [1.165, 1.54) is 17.1 Å². The van der Waals surface area contributed by atoms with E-state index in [0.717, 1.165) is 5.69 Å². The third-order valence-corrected chi connectivity index (χ3v) is 2.58. The van der Waals surface area contributed by atoms with E-state index >= 15 is 0 Å². The molecule has 7 heteroatoms. The standard InChI is InChI=1S/C11H11N5OS/c1-6-2-3-8(10(13)18)11(15-6)16-5-7(4-14-16)9(12)17/h2-5H,1H3,(H2,12,17)(H2,13,18). The second kappa shape index (κ2) is 4.53. The number of nitrogens with zero attached hydrogens (tertiary/aromatic N) is 3. The zero-order chi connectivity index (χ0) is 13.3. The highest BCUT2D eigenvalue weighted by atomic mass is 32.1. The molecule has 0 aromatic carbocycles. The first kappa shape index (κ1) is 12.2. The van der Waals surface area contributed by atoms with Crippen LogP contribution in [0.2, 0.25) is 0 Å². The van der Waals surface area contributed by atoms with E-state index in [1.54, 1.807) is 12.1 Å². The van der Waals surface area contributed by atoms with E-state index < -0.39 is 5.91 Å². The van der Waals surface area contributed by atoms with Gasteiger partial charge in [-0.05, 0) is 19.1 Å². The van der Waals surface area contributed by atoms with Crippen LogP contribution >= 0.6 is 12.2 Å². The van der Waals surface area contributed by atoms with Crippen molar-refractivity contribution in [3.05, 3.63) is 41.3 Å².